The average molecular weight is 178 g/mol. The highest BCUT2D eigenvalue weighted by atomic mass is 16.5. The Morgan fingerprint density at radius 2 is 1.92 bits per heavy atom. The lowest BCUT2D eigenvalue weighted by molar-refractivity contribution is -0.111. The van der Waals surface area contributed by atoms with Crippen molar-refractivity contribution < 1.29 is 9.53 Å². The second kappa shape index (κ2) is 2.81. The van der Waals surface area contributed by atoms with Crippen LogP contribution in [-0.2, 0) is 9.53 Å². The zero-order chi connectivity index (χ0) is 9.47. The standard InChI is InChI=1S/C11H14O2/c1-8-6-10(12)7-9(2)11(8)4-3-5-13-11/h6-7H,3-5H2,1-2H3. The fraction of sp³-hybridized carbons (Fsp3) is 0.545. The molecule has 1 spiro atoms. The van der Waals surface area contributed by atoms with E-state index < -0.39 is 0 Å². The molecule has 2 aliphatic rings. The summed E-state index contributed by atoms with van der Waals surface area (Å²) in [5, 5.41) is 0. The maximum absolute atomic E-state index is 11.2. The third kappa shape index (κ3) is 1.17. The molecule has 0 saturated carbocycles. The first-order chi connectivity index (χ1) is 6.15. The van der Waals surface area contributed by atoms with Crippen molar-refractivity contribution in [1.82, 2.24) is 0 Å². The van der Waals surface area contributed by atoms with E-state index in [0.29, 0.717) is 0 Å². The van der Waals surface area contributed by atoms with Gasteiger partial charge >= 0.3 is 0 Å². The number of ketones is 1. The molecule has 70 valence electrons. The lowest BCUT2D eigenvalue weighted by Crippen LogP contribution is -2.33. The summed E-state index contributed by atoms with van der Waals surface area (Å²) < 4.78 is 5.77. The van der Waals surface area contributed by atoms with Crippen molar-refractivity contribution in [2.24, 2.45) is 0 Å². The summed E-state index contributed by atoms with van der Waals surface area (Å²) in [4.78, 5) is 11.2. The van der Waals surface area contributed by atoms with E-state index in [1.807, 2.05) is 13.8 Å². The van der Waals surface area contributed by atoms with E-state index in [4.69, 9.17) is 4.74 Å². The predicted octanol–water partition coefficient (Wildman–Crippen LogP) is 2.01. The highest BCUT2D eigenvalue weighted by molar-refractivity contribution is 6.02. The van der Waals surface area contributed by atoms with Gasteiger partial charge in [0.1, 0.15) is 5.60 Å². The molecule has 0 amide bonds. The Balaban J connectivity index is 2.42. The highest BCUT2D eigenvalue weighted by Crippen LogP contribution is 2.40. The molecule has 0 N–H and O–H groups in total. The largest absolute Gasteiger partial charge is 0.366 e. The van der Waals surface area contributed by atoms with Crippen LogP contribution in [0.2, 0.25) is 0 Å². The minimum Gasteiger partial charge on any atom is -0.366 e. The fourth-order valence-corrected chi connectivity index (χ4v) is 2.27. The molecule has 0 radical (unpaired) electrons. The van der Waals surface area contributed by atoms with Crippen LogP contribution in [0.3, 0.4) is 0 Å². The Morgan fingerprint density at radius 3 is 2.38 bits per heavy atom. The van der Waals surface area contributed by atoms with Crippen molar-refractivity contribution in [1.29, 1.82) is 0 Å². The van der Waals surface area contributed by atoms with Crippen LogP contribution in [0.5, 0.6) is 0 Å². The van der Waals surface area contributed by atoms with Crippen molar-refractivity contribution in [3.8, 4) is 0 Å². The Bertz CT molecular complexity index is 280. The first-order valence-electron chi connectivity index (χ1n) is 4.71. The topological polar surface area (TPSA) is 26.3 Å². The van der Waals surface area contributed by atoms with E-state index in [1.54, 1.807) is 12.2 Å². The SMILES string of the molecule is CC1=CC(=O)C=C(C)C12CCCO2. The van der Waals surface area contributed by atoms with E-state index in [1.165, 1.54) is 0 Å². The van der Waals surface area contributed by atoms with Gasteiger partial charge in [-0.1, -0.05) is 0 Å². The lowest BCUT2D eigenvalue weighted by Gasteiger charge is -2.32. The molecule has 1 aliphatic heterocycles. The summed E-state index contributed by atoms with van der Waals surface area (Å²) in [6.45, 7) is 4.78. The molecule has 0 aromatic heterocycles. The first kappa shape index (κ1) is 8.70. The number of hydrogen-bond acceptors (Lipinski definition) is 2. The van der Waals surface area contributed by atoms with Gasteiger partial charge in [0.05, 0.1) is 0 Å². The molecular formula is C11H14O2. The molecule has 13 heavy (non-hydrogen) atoms. The van der Waals surface area contributed by atoms with E-state index in [2.05, 4.69) is 0 Å². The van der Waals surface area contributed by atoms with Crippen molar-refractivity contribution in [2.75, 3.05) is 6.61 Å². The van der Waals surface area contributed by atoms with Crippen LogP contribution in [0.25, 0.3) is 0 Å². The van der Waals surface area contributed by atoms with Gasteiger partial charge in [-0.2, -0.15) is 0 Å². The molecule has 2 rings (SSSR count). The molecule has 0 bridgehead atoms. The minimum absolute atomic E-state index is 0.0936. The third-order valence-electron chi connectivity index (χ3n) is 3.01. The number of allylic oxidation sites excluding steroid dienone is 2. The molecule has 1 saturated heterocycles. The van der Waals surface area contributed by atoms with E-state index in [-0.39, 0.29) is 11.4 Å². The van der Waals surface area contributed by atoms with E-state index >= 15 is 0 Å². The van der Waals surface area contributed by atoms with Crippen molar-refractivity contribution in [3.63, 3.8) is 0 Å². The Hall–Kier alpha value is -0.890. The van der Waals surface area contributed by atoms with Gasteiger partial charge in [-0.25, -0.2) is 0 Å². The number of carbonyl (C=O) groups is 1. The van der Waals surface area contributed by atoms with Crippen LogP contribution in [0.4, 0.5) is 0 Å². The van der Waals surface area contributed by atoms with Crippen LogP contribution in [0.15, 0.2) is 23.3 Å². The second-order valence-corrected chi connectivity index (χ2v) is 3.84. The minimum atomic E-state index is -0.228. The van der Waals surface area contributed by atoms with Gasteiger partial charge < -0.3 is 4.74 Å². The lowest BCUT2D eigenvalue weighted by atomic mass is 9.80. The van der Waals surface area contributed by atoms with E-state index in [0.717, 1.165) is 30.6 Å². The molecule has 0 unspecified atom stereocenters. The first-order valence-corrected chi connectivity index (χ1v) is 4.71. The normalized spacial score (nSPS) is 26.2. The van der Waals surface area contributed by atoms with Crippen molar-refractivity contribution in [3.05, 3.63) is 23.3 Å². The summed E-state index contributed by atoms with van der Waals surface area (Å²) in [6.07, 6.45) is 5.49. The monoisotopic (exact) mass is 178 g/mol. The Kier molecular flexibility index (Phi) is 1.88. The van der Waals surface area contributed by atoms with Gasteiger partial charge in [0, 0.05) is 6.61 Å². The van der Waals surface area contributed by atoms with Gasteiger partial charge in [-0.15, -0.1) is 0 Å². The summed E-state index contributed by atoms with van der Waals surface area (Å²) in [5.74, 6) is 0.0936. The smallest absolute Gasteiger partial charge is 0.178 e. The van der Waals surface area contributed by atoms with E-state index in [9.17, 15) is 4.79 Å². The molecular weight excluding hydrogens is 164 g/mol. The third-order valence-corrected chi connectivity index (χ3v) is 3.01. The summed E-state index contributed by atoms with van der Waals surface area (Å²) >= 11 is 0. The quantitative estimate of drug-likeness (QED) is 0.567. The summed E-state index contributed by atoms with van der Waals surface area (Å²) in [5.41, 5.74) is 1.90. The molecule has 1 aliphatic carbocycles. The van der Waals surface area contributed by atoms with Crippen molar-refractivity contribution >= 4 is 5.78 Å². The van der Waals surface area contributed by atoms with Crippen LogP contribution in [0.1, 0.15) is 26.7 Å². The van der Waals surface area contributed by atoms with Gasteiger partial charge in [0.2, 0.25) is 0 Å². The highest BCUT2D eigenvalue weighted by Gasteiger charge is 2.40. The maximum Gasteiger partial charge on any atom is 0.178 e. The van der Waals surface area contributed by atoms with Crippen LogP contribution < -0.4 is 0 Å². The van der Waals surface area contributed by atoms with Gasteiger partial charge in [0.25, 0.3) is 0 Å². The molecule has 2 nitrogen and oxygen atoms in total. The van der Waals surface area contributed by atoms with Crippen LogP contribution >= 0.6 is 0 Å². The van der Waals surface area contributed by atoms with Crippen LogP contribution in [0, 0.1) is 0 Å². The Labute approximate surface area is 78.3 Å². The second-order valence-electron chi connectivity index (χ2n) is 3.84. The Morgan fingerprint density at radius 1 is 1.31 bits per heavy atom. The van der Waals surface area contributed by atoms with Gasteiger partial charge in [-0.3, -0.25) is 4.79 Å². The molecule has 1 fully saturated rings. The molecule has 2 heteroatoms. The summed E-state index contributed by atoms with van der Waals surface area (Å²) in [6, 6.07) is 0. The predicted molar refractivity (Wildman–Crippen MR) is 50.4 cm³/mol. The molecule has 1 heterocycles. The summed E-state index contributed by atoms with van der Waals surface area (Å²) in [7, 11) is 0. The molecule has 0 aromatic rings. The number of rotatable bonds is 0. The number of carbonyl (C=O) groups excluding carboxylic acids is 1. The van der Waals surface area contributed by atoms with Crippen LogP contribution in [-0.4, -0.2) is 18.0 Å². The maximum atomic E-state index is 11.2. The fourth-order valence-electron chi connectivity index (χ4n) is 2.27. The van der Waals surface area contributed by atoms with Gasteiger partial charge in [-0.05, 0) is 50.0 Å². The van der Waals surface area contributed by atoms with Gasteiger partial charge in [0.15, 0.2) is 5.78 Å². The molecule has 0 atom stereocenters. The number of hydrogen-bond donors (Lipinski definition) is 0. The zero-order valence-corrected chi connectivity index (χ0v) is 8.09. The zero-order valence-electron chi connectivity index (χ0n) is 8.09. The number of ether oxygens (including phenoxy) is 1. The molecule has 0 aromatic carbocycles. The van der Waals surface area contributed by atoms with Crippen molar-refractivity contribution in [2.45, 2.75) is 32.3 Å². The average Bonchev–Trinajstić information content (AvgIpc) is 2.50.